The summed E-state index contributed by atoms with van der Waals surface area (Å²) in [6, 6.07) is 3.50. The molecule has 3 nitrogen and oxygen atoms in total. The molecule has 1 aromatic heterocycles. The van der Waals surface area contributed by atoms with Gasteiger partial charge in [-0.2, -0.15) is 0 Å². The molecule has 1 aromatic rings. The molecule has 3 heteroatoms. The number of carbonyl (C=O) groups excluding carboxylic acids is 1. The van der Waals surface area contributed by atoms with E-state index in [2.05, 4.69) is 0 Å². The van der Waals surface area contributed by atoms with E-state index in [-0.39, 0.29) is 11.9 Å². The number of Topliss-reactive ketones (excluding diaryl/α,β-unsaturated/α-hetero) is 1. The predicted molar refractivity (Wildman–Crippen MR) is 58.1 cm³/mol. The van der Waals surface area contributed by atoms with Gasteiger partial charge in [0.1, 0.15) is 11.9 Å². The summed E-state index contributed by atoms with van der Waals surface area (Å²) in [5, 5.41) is 0. The van der Waals surface area contributed by atoms with Crippen LogP contribution in [0.3, 0.4) is 0 Å². The molecular formula is C12H18O3. The highest BCUT2D eigenvalue weighted by Crippen LogP contribution is 2.18. The molecule has 1 aliphatic heterocycles. The van der Waals surface area contributed by atoms with Gasteiger partial charge in [0.15, 0.2) is 5.76 Å². The van der Waals surface area contributed by atoms with Gasteiger partial charge in [-0.25, -0.2) is 0 Å². The van der Waals surface area contributed by atoms with E-state index in [9.17, 15) is 4.79 Å². The van der Waals surface area contributed by atoms with Crippen molar-refractivity contribution < 1.29 is 13.9 Å². The summed E-state index contributed by atoms with van der Waals surface area (Å²) in [5.41, 5.74) is 0. The van der Waals surface area contributed by atoms with Crippen molar-refractivity contribution in [3.63, 3.8) is 0 Å². The Bertz CT molecular complexity index is 308. The normalized spacial score (nSPS) is 19.5. The second-order valence-corrected chi connectivity index (χ2v) is 3.28. The van der Waals surface area contributed by atoms with Crippen LogP contribution in [0.15, 0.2) is 16.5 Å². The fourth-order valence-corrected chi connectivity index (χ4v) is 1.51. The number of hydrogen-bond acceptors (Lipinski definition) is 3. The first-order valence-corrected chi connectivity index (χ1v) is 5.49. The van der Waals surface area contributed by atoms with Crippen LogP contribution in [0.2, 0.25) is 0 Å². The van der Waals surface area contributed by atoms with Gasteiger partial charge in [0.25, 0.3) is 0 Å². The average Bonchev–Trinajstić information content (AvgIpc) is 2.90. The first-order valence-electron chi connectivity index (χ1n) is 5.49. The zero-order chi connectivity index (χ0) is 11.3. The highest BCUT2D eigenvalue weighted by atomic mass is 16.5. The van der Waals surface area contributed by atoms with Gasteiger partial charge >= 0.3 is 0 Å². The van der Waals surface area contributed by atoms with E-state index >= 15 is 0 Å². The van der Waals surface area contributed by atoms with Crippen LogP contribution in [0.5, 0.6) is 0 Å². The molecule has 1 fully saturated rings. The van der Waals surface area contributed by atoms with E-state index in [1.54, 1.807) is 12.1 Å². The van der Waals surface area contributed by atoms with Gasteiger partial charge in [0, 0.05) is 6.61 Å². The molecule has 2 heterocycles. The number of rotatable bonds is 2. The van der Waals surface area contributed by atoms with Gasteiger partial charge < -0.3 is 9.15 Å². The lowest BCUT2D eigenvalue weighted by molar-refractivity contribution is 0.0614. The second kappa shape index (κ2) is 5.71. The van der Waals surface area contributed by atoms with Crippen molar-refractivity contribution in [1.82, 2.24) is 0 Å². The van der Waals surface area contributed by atoms with Crippen molar-refractivity contribution in [3.8, 4) is 0 Å². The van der Waals surface area contributed by atoms with E-state index in [1.165, 1.54) is 0 Å². The molecule has 0 bridgehead atoms. The van der Waals surface area contributed by atoms with E-state index in [4.69, 9.17) is 9.15 Å². The van der Waals surface area contributed by atoms with Crippen molar-refractivity contribution in [2.24, 2.45) is 0 Å². The summed E-state index contributed by atoms with van der Waals surface area (Å²) in [5.74, 6) is 1.16. The lowest BCUT2D eigenvalue weighted by atomic mass is 10.1. The fourth-order valence-electron chi connectivity index (χ4n) is 1.51. The molecule has 2 rings (SSSR count). The minimum atomic E-state index is -0.273. The molecular weight excluding hydrogens is 192 g/mol. The molecule has 0 amide bonds. The second-order valence-electron chi connectivity index (χ2n) is 3.28. The summed E-state index contributed by atoms with van der Waals surface area (Å²) in [7, 11) is 0. The number of furan rings is 1. The molecule has 0 N–H and O–H groups in total. The number of hydrogen-bond donors (Lipinski definition) is 0. The zero-order valence-corrected chi connectivity index (χ0v) is 9.58. The smallest absolute Gasteiger partial charge is 0.226 e. The summed E-state index contributed by atoms with van der Waals surface area (Å²) >= 11 is 0. The highest BCUT2D eigenvalue weighted by molar-refractivity contribution is 5.97. The largest absolute Gasteiger partial charge is 0.458 e. The van der Waals surface area contributed by atoms with Crippen LogP contribution >= 0.6 is 0 Å². The Kier molecular flexibility index (Phi) is 4.56. The molecule has 1 unspecified atom stereocenters. The minimum absolute atomic E-state index is 0.0226. The molecule has 0 radical (unpaired) electrons. The molecule has 1 aliphatic rings. The average molecular weight is 210 g/mol. The fraction of sp³-hybridized carbons (Fsp3) is 0.583. The van der Waals surface area contributed by atoms with Crippen LogP contribution in [0.4, 0.5) is 0 Å². The molecule has 1 atom stereocenters. The zero-order valence-electron chi connectivity index (χ0n) is 9.58. The molecule has 15 heavy (non-hydrogen) atoms. The topological polar surface area (TPSA) is 39.4 Å². The van der Waals surface area contributed by atoms with Gasteiger partial charge in [0.2, 0.25) is 5.78 Å². The highest BCUT2D eigenvalue weighted by Gasteiger charge is 2.26. The lowest BCUT2D eigenvalue weighted by Gasteiger charge is -2.04. The third kappa shape index (κ3) is 2.93. The maximum absolute atomic E-state index is 11.6. The number of ether oxygens (including phenoxy) is 1. The van der Waals surface area contributed by atoms with Crippen LogP contribution in [0, 0.1) is 6.92 Å². The summed E-state index contributed by atoms with van der Waals surface area (Å²) in [6.45, 7) is 6.52. The van der Waals surface area contributed by atoms with Crippen LogP contribution in [0.1, 0.15) is 43.0 Å². The summed E-state index contributed by atoms with van der Waals surface area (Å²) < 4.78 is 10.5. The third-order valence-corrected chi connectivity index (χ3v) is 2.21. The predicted octanol–water partition coefficient (Wildman–Crippen LogP) is 2.98. The van der Waals surface area contributed by atoms with E-state index in [0.717, 1.165) is 18.6 Å². The van der Waals surface area contributed by atoms with Gasteiger partial charge in [-0.3, -0.25) is 4.79 Å². The maximum Gasteiger partial charge on any atom is 0.226 e. The Morgan fingerprint density at radius 3 is 2.60 bits per heavy atom. The molecule has 1 saturated heterocycles. The van der Waals surface area contributed by atoms with Gasteiger partial charge in [-0.15, -0.1) is 0 Å². The van der Waals surface area contributed by atoms with Gasteiger partial charge in [0.05, 0.1) is 0 Å². The molecule has 0 spiro atoms. The molecule has 0 saturated carbocycles. The van der Waals surface area contributed by atoms with E-state index < -0.39 is 0 Å². The molecule has 0 aromatic carbocycles. The first-order chi connectivity index (χ1) is 7.27. The van der Waals surface area contributed by atoms with E-state index in [1.807, 2.05) is 20.8 Å². The minimum Gasteiger partial charge on any atom is -0.458 e. The van der Waals surface area contributed by atoms with E-state index in [0.29, 0.717) is 12.4 Å². The lowest BCUT2D eigenvalue weighted by Crippen LogP contribution is -2.18. The van der Waals surface area contributed by atoms with Crippen LogP contribution in [0.25, 0.3) is 0 Å². The Labute approximate surface area is 90.4 Å². The van der Waals surface area contributed by atoms with Crippen molar-refractivity contribution in [2.75, 3.05) is 6.61 Å². The maximum atomic E-state index is 11.6. The number of ketones is 1. The van der Waals surface area contributed by atoms with Crippen molar-refractivity contribution in [2.45, 2.75) is 39.7 Å². The number of aryl methyl sites for hydroxylation is 1. The summed E-state index contributed by atoms with van der Waals surface area (Å²) in [6.07, 6.45) is 1.51. The quantitative estimate of drug-likeness (QED) is 0.704. The van der Waals surface area contributed by atoms with Crippen molar-refractivity contribution in [1.29, 1.82) is 0 Å². The Balaban J connectivity index is 0.000000531. The SMILES string of the molecule is CC.Cc1ccc(C(=O)C2CCCO2)o1. The Morgan fingerprint density at radius 1 is 1.40 bits per heavy atom. The Hall–Kier alpha value is -1.09. The van der Waals surface area contributed by atoms with Crippen LogP contribution in [-0.2, 0) is 4.74 Å². The third-order valence-electron chi connectivity index (χ3n) is 2.21. The summed E-state index contributed by atoms with van der Waals surface area (Å²) in [4.78, 5) is 11.6. The molecule has 0 aliphatic carbocycles. The van der Waals surface area contributed by atoms with Crippen LogP contribution < -0.4 is 0 Å². The van der Waals surface area contributed by atoms with Gasteiger partial charge in [-0.05, 0) is 31.9 Å². The van der Waals surface area contributed by atoms with Crippen LogP contribution in [-0.4, -0.2) is 18.5 Å². The Morgan fingerprint density at radius 2 is 2.13 bits per heavy atom. The van der Waals surface area contributed by atoms with Crippen molar-refractivity contribution in [3.05, 3.63) is 23.7 Å². The number of carbonyl (C=O) groups is 1. The van der Waals surface area contributed by atoms with Gasteiger partial charge in [-0.1, -0.05) is 13.8 Å². The monoisotopic (exact) mass is 210 g/mol. The molecule has 84 valence electrons. The first kappa shape index (κ1) is 12.0. The standard InChI is InChI=1S/C10H12O3.C2H6/c1-7-4-5-9(13-7)10(11)8-3-2-6-12-8;1-2/h4-5,8H,2-3,6H2,1H3;1-2H3. The van der Waals surface area contributed by atoms with Crippen molar-refractivity contribution >= 4 is 5.78 Å².